The number of thiazole rings is 1. The van der Waals surface area contributed by atoms with Crippen molar-refractivity contribution in [2.45, 2.75) is 6.92 Å². The highest BCUT2D eigenvalue weighted by Crippen LogP contribution is 2.15. The Hall–Kier alpha value is -2.19. The van der Waals surface area contributed by atoms with Gasteiger partial charge in [-0.05, 0) is 31.2 Å². The van der Waals surface area contributed by atoms with Crippen LogP contribution in [0.15, 0.2) is 29.8 Å². The third-order valence-electron chi connectivity index (χ3n) is 2.22. The van der Waals surface area contributed by atoms with E-state index in [0.29, 0.717) is 16.1 Å². The SMILES string of the molecule is Cc1ncsc1C(=O)Nc1ccc(C#N)cc1. The van der Waals surface area contributed by atoms with Gasteiger partial charge in [0.25, 0.3) is 5.91 Å². The molecule has 2 rings (SSSR count). The van der Waals surface area contributed by atoms with Gasteiger partial charge in [-0.1, -0.05) is 0 Å². The molecule has 0 atom stereocenters. The van der Waals surface area contributed by atoms with E-state index in [1.54, 1.807) is 36.7 Å². The van der Waals surface area contributed by atoms with Crippen LogP contribution in [0.3, 0.4) is 0 Å². The van der Waals surface area contributed by atoms with Crippen molar-refractivity contribution in [3.8, 4) is 6.07 Å². The molecule has 0 fully saturated rings. The van der Waals surface area contributed by atoms with E-state index in [0.717, 1.165) is 5.69 Å². The van der Waals surface area contributed by atoms with Crippen LogP contribution in [0.4, 0.5) is 5.69 Å². The fourth-order valence-electron chi connectivity index (χ4n) is 1.34. The molecule has 2 aromatic rings. The fourth-order valence-corrected chi connectivity index (χ4v) is 2.03. The van der Waals surface area contributed by atoms with E-state index in [2.05, 4.69) is 10.3 Å². The molecule has 0 unspecified atom stereocenters. The Kier molecular flexibility index (Phi) is 3.17. The summed E-state index contributed by atoms with van der Waals surface area (Å²) in [6, 6.07) is 8.75. The van der Waals surface area contributed by atoms with E-state index >= 15 is 0 Å². The minimum atomic E-state index is -0.172. The zero-order valence-electron chi connectivity index (χ0n) is 9.10. The molecule has 1 heterocycles. The number of rotatable bonds is 2. The maximum atomic E-state index is 11.8. The molecular formula is C12H9N3OS. The number of carbonyl (C=O) groups is 1. The van der Waals surface area contributed by atoms with Crippen molar-refractivity contribution in [1.82, 2.24) is 4.98 Å². The molecule has 1 aromatic heterocycles. The number of hydrogen-bond donors (Lipinski definition) is 1. The Balaban J connectivity index is 2.14. The summed E-state index contributed by atoms with van der Waals surface area (Å²) in [5, 5.41) is 11.4. The summed E-state index contributed by atoms with van der Waals surface area (Å²) in [7, 11) is 0. The van der Waals surface area contributed by atoms with E-state index < -0.39 is 0 Å². The van der Waals surface area contributed by atoms with Crippen LogP contribution in [-0.4, -0.2) is 10.9 Å². The summed E-state index contributed by atoms with van der Waals surface area (Å²) in [5.74, 6) is -0.172. The second-order valence-electron chi connectivity index (χ2n) is 3.41. The topological polar surface area (TPSA) is 65.8 Å². The number of benzene rings is 1. The van der Waals surface area contributed by atoms with Crippen molar-refractivity contribution >= 4 is 22.9 Å². The number of anilines is 1. The maximum Gasteiger partial charge on any atom is 0.267 e. The van der Waals surface area contributed by atoms with E-state index in [1.165, 1.54) is 11.3 Å². The van der Waals surface area contributed by atoms with Crippen LogP contribution in [0.5, 0.6) is 0 Å². The molecular weight excluding hydrogens is 234 g/mol. The van der Waals surface area contributed by atoms with Gasteiger partial charge in [-0.2, -0.15) is 5.26 Å². The van der Waals surface area contributed by atoms with Crippen molar-refractivity contribution < 1.29 is 4.79 Å². The smallest absolute Gasteiger partial charge is 0.267 e. The second-order valence-corrected chi connectivity index (χ2v) is 4.26. The molecule has 0 radical (unpaired) electrons. The Morgan fingerprint density at radius 2 is 2.12 bits per heavy atom. The first-order chi connectivity index (χ1) is 8.20. The van der Waals surface area contributed by atoms with Gasteiger partial charge in [0.2, 0.25) is 0 Å². The molecule has 0 saturated carbocycles. The van der Waals surface area contributed by atoms with E-state index in [4.69, 9.17) is 5.26 Å². The standard InChI is InChI=1S/C12H9N3OS/c1-8-11(17-7-14-8)12(16)15-10-4-2-9(6-13)3-5-10/h2-5,7H,1H3,(H,15,16). The van der Waals surface area contributed by atoms with E-state index in [1.807, 2.05) is 6.07 Å². The van der Waals surface area contributed by atoms with E-state index in [-0.39, 0.29) is 5.91 Å². The number of hydrogen-bond acceptors (Lipinski definition) is 4. The van der Waals surface area contributed by atoms with E-state index in [9.17, 15) is 4.79 Å². The van der Waals surface area contributed by atoms with Crippen molar-refractivity contribution in [3.05, 3.63) is 45.9 Å². The number of carbonyl (C=O) groups excluding carboxylic acids is 1. The van der Waals surface area contributed by atoms with Gasteiger partial charge in [-0.25, -0.2) is 4.98 Å². The minimum absolute atomic E-state index is 0.172. The lowest BCUT2D eigenvalue weighted by atomic mass is 10.2. The van der Waals surface area contributed by atoms with Crippen molar-refractivity contribution in [2.24, 2.45) is 0 Å². The lowest BCUT2D eigenvalue weighted by Gasteiger charge is -2.03. The van der Waals surface area contributed by atoms with Crippen molar-refractivity contribution in [2.75, 3.05) is 5.32 Å². The molecule has 84 valence electrons. The van der Waals surface area contributed by atoms with Gasteiger partial charge < -0.3 is 5.32 Å². The van der Waals surface area contributed by atoms with Crippen LogP contribution in [0.2, 0.25) is 0 Å². The summed E-state index contributed by atoms with van der Waals surface area (Å²) in [6.45, 7) is 1.80. The van der Waals surface area contributed by atoms with Crippen LogP contribution in [-0.2, 0) is 0 Å². The molecule has 0 bridgehead atoms. The van der Waals surface area contributed by atoms with Crippen molar-refractivity contribution in [3.63, 3.8) is 0 Å². The van der Waals surface area contributed by atoms with Crippen LogP contribution < -0.4 is 5.32 Å². The highest BCUT2D eigenvalue weighted by molar-refractivity contribution is 7.12. The first kappa shape index (κ1) is 11.3. The molecule has 0 aliphatic carbocycles. The summed E-state index contributed by atoms with van der Waals surface area (Å²) in [4.78, 5) is 16.5. The van der Waals surface area contributed by atoms with Crippen LogP contribution >= 0.6 is 11.3 Å². The molecule has 1 N–H and O–H groups in total. The first-order valence-corrected chi connectivity index (χ1v) is 5.80. The third kappa shape index (κ3) is 2.49. The van der Waals surface area contributed by atoms with Gasteiger partial charge in [-0.15, -0.1) is 11.3 Å². The number of nitriles is 1. The van der Waals surface area contributed by atoms with Gasteiger partial charge in [-0.3, -0.25) is 4.79 Å². The van der Waals surface area contributed by atoms with Crippen LogP contribution in [0, 0.1) is 18.3 Å². The number of amides is 1. The van der Waals surface area contributed by atoms with Gasteiger partial charge in [0.15, 0.2) is 0 Å². The number of nitrogens with one attached hydrogen (secondary N) is 1. The largest absolute Gasteiger partial charge is 0.321 e. The van der Waals surface area contributed by atoms with Crippen molar-refractivity contribution in [1.29, 1.82) is 5.26 Å². The second kappa shape index (κ2) is 4.76. The summed E-state index contributed by atoms with van der Waals surface area (Å²) in [5.41, 5.74) is 3.60. The predicted octanol–water partition coefficient (Wildman–Crippen LogP) is 2.58. The molecule has 1 aromatic carbocycles. The fraction of sp³-hybridized carbons (Fsp3) is 0.0833. The Bertz CT molecular complexity index is 581. The highest BCUT2D eigenvalue weighted by Gasteiger charge is 2.11. The average molecular weight is 243 g/mol. The van der Waals surface area contributed by atoms with Crippen LogP contribution in [0.1, 0.15) is 20.9 Å². The molecule has 1 amide bonds. The quantitative estimate of drug-likeness (QED) is 0.881. The monoisotopic (exact) mass is 243 g/mol. The summed E-state index contributed by atoms with van der Waals surface area (Å²) in [6.07, 6.45) is 0. The molecule has 17 heavy (non-hydrogen) atoms. The number of nitrogens with zero attached hydrogens (tertiary/aromatic N) is 2. The lowest BCUT2D eigenvalue weighted by molar-refractivity contribution is 0.103. The Morgan fingerprint density at radius 3 is 2.65 bits per heavy atom. The first-order valence-electron chi connectivity index (χ1n) is 4.92. The number of aromatic nitrogens is 1. The minimum Gasteiger partial charge on any atom is -0.321 e. The zero-order chi connectivity index (χ0) is 12.3. The molecule has 4 nitrogen and oxygen atoms in total. The Morgan fingerprint density at radius 1 is 1.41 bits per heavy atom. The number of aryl methyl sites for hydroxylation is 1. The molecule has 0 spiro atoms. The summed E-state index contributed by atoms with van der Waals surface area (Å²) >= 11 is 1.31. The van der Waals surface area contributed by atoms with Gasteiger partial charge in [0.1, 0.15) is 4.88 Å². The molecule has 0 saturated heterocycles. The lowest BCUT2D eigenvalue weighted by Crippen LogP contribution is -2.11. The van der Waals surface area contributed by atoms with Gasteiger partial charge in [0.05, 0.1) is 22.8 Å². The maximum absolute atomic E-state index is 11.8. The normalized spacial score (nSPS) is 9.65. The molecule has 5 heteroatoms. The Labute approximate surface area is 103 Å². The molecule has 0 aliphatic rings. The summed E-state index contributed by atoms with van der Waals surface area (Å²) < 4.78 is 0. The van der Waals surface area contributed by atoms with Gasteiger partial charge in [0, 0.05) is 5.69 Å². The molecule has 0 aliphatic heterocycles. The average Bonchev–Trinajstić information content (AvgIpc) is 2.76. The highest BCUT2D eigenvalue weighted by atomic mass is 32.1. The zero-order valence-corrected chi connectivity index (χ0v) is 9.91. The predicted molar refractivity (Wildman–Crippen MR) is 66.0 cm³/mol. The van der Waals surface area contributed by atoms with Gasteiger partial charge >= 0.3 is 0 Å². The third-order valence-corrected chi connectivity index (χ3v) is 3.15. The van der Waals surface area contributed by atoms with Crippen LogP contribution in [0.25, 0.3) is 0 Å².